The molecule has 1 aliphatic rings. The van der Waals surface area contributed by atoms with Crippen LogP contribution in [0.4, 0.5) is 0 Å². The number of carbonyl (C=O) groups excluding carboxylic acids is 1. The number of H-pyrrole nitrogens is 1. The minimum Gasteiger partial charge on any atom is -0.360 e. The lowest BCUT2D eigenvalue weighted by molar-refractivity contribution is 0.101. The number of halogens is 1. The SMILES string of the molecule is CC(=O)c1cc(Br)cc2c(CC3CCSCC3)c[nH]c12. The number of rotatable bonds is 3. The Morgan fingerprint density at radius 1 is 1.40 bits per heavy atom. The van der Waals surface area contributed by atoms with Gasteiger partial charge in [-0.3, -0.25) is 4.79 Å². The Balaban J connectivity index is 1.97. The summed E-state index contributed by atoms with van der Waals surface area (Å²) in [6, 6.07) is 4.04. The van der Waals surface area contributed by atoms with Crippen LogP contribution in [0.1, 0.15) is 35.7 Å². The van der Waals surface area contributed by atoms with E-state index in [1.165, 1.54) is 35.3 Å². The summed E-state index contributed by atoms with van der Waals surface area (Å²) in [5, 5.41) is 1.20. The van der Waals surface area contributed by atoms with Crippen LogP contribution in [0.3, 0.4) is 0 Å². The van der Waals surface area contributed by atoms with E-state index >= 15 is 0 Å². The van der Waals surface area contributed by atoms with Crippen LogP contribution in [0.25, 0.3) is 10.9 Å². The topological polar surface area (TPSA) is 32.9 Å². The number of nitrogens with one attached hydrogen (secondary N) is 1. The molecule has 106 valence electrons. The van der Waals surface area contributed by atoms with Crippen LogP contribution in [-0.2, 0) is 6.42 Å². The van der Waals surface area contributed by atoms with Crippen molar-refractivity contribution in [1.82, 2.24) is 4.98 Å². The van der Waals surface area contributed by atoms with Gasteiger partial charge in [0.2, 0.25) is 0 Å². The van der Waals surface area contributed by atoms with Crippen LogP contribution in [0.15, 0.2) is 22.8 Å². The third-order valence-electron chi connectivity index (χ3n) is 4.07. The molecule has 1 aromatic heterocycles. The predicted octanol–water partition coefficient (Wildman–Crippen LogP) is 4.82. The second-order valence-corrected chi connectivity index (χ2v) is 7.65. The van der Waals surface area contributed by atoms with Gasteiger partial charge in [-0.15, -0.1) is 0 Å². The van der Waals surface area contributed by atoms with Crippen LogP contribution < -0.4 is 0 Å². The van der Waals surface area contributed by atoms with Gasteiger partial charge in [-0.2, -0.15) is 11.8 Å². The zero-order chi connectivity index (χ0) is 14.1. The molecular weight excluding hydrogens is 334 g/mol. The standard InChI is InChI=1S/C16H18BrNOS/c1-10(19)14-7-13(17)8-15-12(9-18-16(14)15)6-11-2-4-20-5-3-11/h7-9,11,18H,2-6H2,1H3. The van der Waals surface area contributed by atoms with Gasteiger partial charge in [0, 0.05) is 21.6 Å². The summed E-state index contributed by atoms with van der Waals surface area (Å²) in [5.41, 5.74) is 3.11. The lowest BCUT2D eigenvalue weighted by atomic mass is 9.93. The molecule has 0 unspecified atom stereocenters. The maximum atomic E-state index is 11.8. The van der Waals surface area contributed by atoms with Crippen molar-refractivity contribution in [2.75, 3.05) is 11.5 Å². The third-order valence-corrected chi connectivity index (χ3v) is 5.58. The van der Waals surface area contributed by atoms with E-state index in [0.717, 1.165) is 27.9 Å². The number of hydrogen-bond donors (Lipinski definition) is 1. The Hall–Kier alpha value is -0.740. The fourth-order valence-electron chi connectivity index (χ4n) is 2.96. The Morgan fingerprint density at radius 3 is 2.85 bits per heavy atom. The first-order valence-electron chi connectivity index (χ1n) is 7.03. The molecule has 1 fully saturated rings. The van der Waals surface area contributed by atoms with E-state index in [2.05, 4.69) is 44.9 Å². The number of Topliss-reactive ketones (excluding diaryl/α,β-unsaturated/α-hetero) is 1. The minimum atomic E-state index is 0.110. The lowest BCUT2D eigenvalue weighted by Crippen LogP contribution is -2.11. The zero-order valence-electron chi connectivity index (χ0n) is 11.5. The quantitative estimate of drug-likeness (QED) is 0.804. The van der Waals surface area contributed by atoms with Crippen LogP contribution in [0, 0.1) is 5.92 Å². The summed E-state index contributed by atoms with van der Waals surface area (Å²) >= 11 is 5.59. The van der Waals surface area contributed by atoms with Gasteiger partial charge < -0.3 is 4.98 Å². The number of fused-ring (bicyclic) bond motifs is 1. The van der Waals surface area contributed by atoms with Gasteiger partial charge >= 0.3 is 0 Å². The van der Waals surface area contributed by atoms with Crippen molar-refractivity contribution in [3.05, 3.63) is 33.9 Å². The number of aromatic nitrogens is 1. The fraction of sp³-hybridized carbons (Fsp3) is 0.438. The molecule has 0 spiro atoms. The van der Waals surface area contributed by atoms with Gasteiger partial charge in [0.1, 0.15) is 0 Å². The average Bonchev–Trinajstić information content (AvgIpc) is 2.82. The molecule has 0 radical (unpaired) electrons. The Bertz CT molecular complexity index is 643. The van der Waals surface area contributed by atoms with Crippen molar-refractivity contribution in [1.29, 1.82) is 0 Å². The molecule has 4 heteroatoms. The van der Waals surface area contributed by atoms with Crippen LogP contribution in [-0.4, -0.2) is 22.3 Å². The molecule has 0 atom stereocenters. The lowest BCUT2D eigenvalue weighted by Gasteiger charge is -2.20. The van der Waals surface area contributed by atoms with Crippen molar-refractivity contribution >= 4 is 44.4 Å². The monoisotopic (exact) mass is 351 g/mol. The highest BCUT2D eigenvalue weighted by molar-refractivity contribution is 9.10. The van der Waals surface area contributed by atoms with Crippen molar-refractivity contribution in [3.63, 3.8) is 0 Å². The summed E-state index contributed by atoms with van der Waals surface area (Å²) < 4.78 is 0.982. The number of carbonyl (C=O) groups is 1. The molecule has 20 heavy (non-hydrogen) atoms. The Labute approximate surface area is 131 Å². The van der Waals surface area contributed by atoms with Gasteiger partial charge in [0.25, 0.3) is 0 Å². The Morgan fingerprint density at radius 2 is 2.15 bits per heavy atom. The number of ketones is 1. The molecule has 0 amide bonds. The van der Waals surface area contributed by atoms with Crippen LogP contribution in [0.2, 0.25) is 0 Å². The molecule has 0 bridgehead atoms. The molecule has 2 nitrogen and oxygen atoms in total. The molecule has 1 saturated heterocycles. The maximum Gasteiger partial charge on any atom is 0.161 e. The maximum absolute atomic E-state index is 11.8. The highest BCUT2D eigenvalue weighted by Crippen LogP contribution is 2.31. The number of aromatic amines is 1. The highest BCUT2D eigenvalue weighted by Gasteiger charge is 2.18. The van der Waals surface area contributed by atoms with Gasteiger partial charge in [-0.05, 0) is 61.3 Å². The molecular formula is C16H18BrNOS. The molecule has 0 aliphatic carbocycles. The van der Waals surface area contributed by atoms with Gasteiger partial charge in [0.05, 0.1) is 5.52 Å². The second-order valence-electron chi connectivity index (χ2n) is 5.51. The van der Waals surface area contributed by atoms with Crippen molar-refractivity contribution < 1.29 is 4.79 Å². The van der Waals surface area contributed by atoms with Crippen molar-refractivity contribution in [2.24, 2.45) is 5.92 Å². The van der Waals surface area contributed by atoms with Gasteiger partial charge in [-0.1, -0.05) is 15.9 Å². The highest BCUT2D eigenvalue weighted by atomic mass is 79.9. The molecule has 1 aliphatic heterocycles. The first-order chi connectivity index (χ1) is 9.65. The molecule has 1 aromatic carbocycles. The third kappa shape index (κ3) is 2.82. The van der Waals surface area contributed by atoms with E-state index in [1.807, 2.05) is 6.07 Å². The molecule has 2 heterocycles. The molecule has 2 aromatic rings. The van der Waals surface area contributed by atoms with E-state index in [-0.39, 0.29) is 5.78 Å². The summed E-state index contributed by atoms with van der Waals surface area (Å²) in [7, 11) is 0. The number of hydrogen-bond acceptors (Lipinski definition) is 2. The van der Waals surface area contributed by atoms with E-state index in [4.69, 9.17) is 0 Å². The van der Waals surface area contributed by atoms with Crippen molar-refractivity contribution in [2.45, 2.75) is 26.2 Å². The molecule has 0 saturated carbocycles. The van der Waals surface area contributed by atoms with E-state index in [9.17, 15) is 4.79 Å². The van der Waals surface area contributed by atoms with Gasteiger partial charge in [-0.25, -0.2) is 0 Å². The summed E-state index contributed by atoms with van der Waals surface area (Å²) in [4.78, 5) is 15.1. The average molecular weight is 352 g/mol. The first kappa shape index (κ1) is 14.2. The Kier molecular flexibility index (Phi) is 4.22. The second kappa shape index (κ2) is 5.94. The summed E-state index contributed by atoms with van der Waals surface area (Å²) in [6.45, 7) is 1.63. The van der Waals surface area contributed by atoms with E-state index < -0.39 is 0 Å². The normalized spacial score (nSPS) is 16.7. The van der Waals surface area contributed by atoms with Crippen molar-refractivity contribution in [3.8, 4) is 0 Å². The van der Waals surface area contributed by atoms with Crippen LogP contribution >= 0.6 is 27.7 Å². The number of benzene rings is 1. The first-order valence-corrected chi connectivity index (χ1v) is 8.98. The summed E-state index contributed by atoms with van der Waals surface area (Å²) in [6.07, 6.45) is 5.83. The van der Waals surface area contributed by atoms with E-state index in [1.54, 1.807) is 6.92 Å². The molecule has 1 N–H and O–H groups in total. The minimum absolute atomic E-state index is 0.110. The predicted molar refractivity (Wildman–Crippen MR) is 89.8 cm³/mol. The van der Waals surface area contributed by atoms with Crippen LogP contribution in [0.5, 0.6) is 0 Å². The smallest absolute Gasteiger partial charge is 0.161 e. The van der Waals surface area contributed by atoms with E-state index in [0.29, 0.717) is 0 Å². The number of thioether (sulfide) groups is 1. The zero-order valence-corrected chi connectivity index (χ0v) is 13.9. The largest absolute Gasteiger partial charge is 0.360 e. The summed E-state index contributed by atoms with van der Waals surface area (Å²) in [5.74, 6) is 3.47. The fourth-order valence-corrected chi connectivity index (χ4v) is 4.62. The molecule has 3 rings (SSSR count). The van der Waals surface area contributed by atoms with Gasteiger partial charge in [0.15, 0.2) is 5.78 Å².